The van der Waals surface area contributed by atoms with Crippen LogP contribution < -0.4 is 5.73 Å². The molecule has 1 saturated heterocycles. The predicted octanol–water partition coefficient (Wildman–Crippen LogP) is 1.44. The van der Waals surface area contributed by atoms with E-state index in [2.05, 4.69) is 17.0 Å². The lowest BCUT2D eigenvalue weighted by atomic mass is 10.1. The molecule has 14 heavy (non-hydrogen) atoms. The van der Waals surface area contributed by atoms with Crippen LogP contribution in [0.25, 0.3) is 0 Å². The van der Waals surface area contributed by atoms with Gasteiger partial charge in [-0.25, -0.2) is 0 Å². The molecule has 1 heterocycles. The number of hydrogen-bond donors (Lipinski definition) is 1. The molecule has 1 aromatic rings. The smallest absolute Gasteiger partial charge is 0.0349 e. The van der Waals surface area contributed by atoms with E-state index in [1.54, 1.807) is 0 Å². The fourth-order valence-corrected chi connectivity index (χ4v) is 2.62. The first-order chi connectivity index (χ1) is 6.84. The predicted molar refractivity (Wildman–Crippen MR) is 58.2 cm³/mol. The highest BCUT2D eigenvalue weighted by molar-refractivity contribution is 5.53. The second-order valence-electron chi connectivity index (χ2n) is 4.44. The van der Waals surface area contributed by atoms with Gasteiger partial charge in [-0.15, -0.1) is 0 Å². The number of nitrogens with zero attached hydrogens (tertiary/aromatic N) is 1. The normalized spacial score (nSPS) is 25.9. The van der Waals surface area contributed by atoms with Crippen molar-refractivity contribution >= 4 is 5.69 Å². The Kier molecular flexibility index (Phi) is 1.77. The van der Waals surface area contributed by atoms with Gasteiger partial charge in [0.25, 0.3) is 0 Å². The van der Waals surface area contributed by atoms with Crippen molar-refractivity contribution in [3.63, 3.8) is 0 Å². The number of benzene rings is 1. The van der Waals surface area contributed by atoms with E-state index in [1.807, 2.05) is 6.07 Å². The van der Waals surface area contributed by atoms with Gasteiger partial charge in [0.1, 0.15) is 0 Å². The number of likely N-dealkylation sites (tertiary alicyclic amines) is 1. The summed E-state index contributed by atoms with van der Waals surface area (Å²) in [7, 11) is 0. The third kappa shape index (κ3) is 1.14. The van der Waals surface area contributed by atoms with Gasteiger partial charge in [-0.3, -0.25) is 4.90 Å². The summed E-state index contributed by atoms with van der Waals surface area (Å²) in [5, 5.41) is 0. The molecule has 2 heteroatoms. The van der Waals surface area contributed by atoms with E-state index in [0.717, 1.165) is 11.7 Å². The van der Waals surface area contributed by atoms with Gasteiger partial charge in [-0.2, -0.15) is 0 Å². The largest absolute Gasteiger partial charge is 0.398 e. The van der Waals surface area contributed by atoms with Gasteiger partial charge in [0.2, 0.25) is 0 Å². The monoisotopic (exact) mass is 188 g/mol. The minimum Gasteiger partial charge on any atom is -0.398 e. The maximum atomic E-state index is 5.98. The Hall–Kier alpha value is -1.02. The number of nitrogens with two attached hydrogens (primary N) is 1. The van der Waals surface area contributed by atoms with Gasteiger partial charge < -0.3 is 5.73 Å². The van der Waals surface area contributed by atoms with Gasteiger partial charge in [-0.1, -0.05) is 12.1 Å². The van der Waals surface area contributed by atoms with Crippen LogP contribution in [0.2, 0.25) is 0 Å². The van der Waals surface area contributed by atoms with Crippen LogP contribution in [0.5, 0.6) is 0 Å². The molecule has 2 N–H and O–H groups in total. The summed E-state index contributed by atoms with van der Waals surface area (Å²) in [5.41, 5.74) is 9.85. The number of rotatable bonds is 1. The molecule has 1 unspecified atom stereocenters. The lowest BCUT2D eigenvalue weighted by molar-refractivity contribution is 0.123. The highest BCUT2D eigenvalue weighted by Crippen LogP contribution is 2.31. The molecule has 1 aromatic carbocycles. The van der Waals surface area contributed by atoms with Crippen molar-refractivity contribution < 1.29 is 0 Å². The topological polar surface area (TPSA) is 29.3 Å². The van der Waals surface area contributed by atoms with Crippen LogP contribution in [-0.4, -0.2) is 24.0 Å². The molecular weight excluding hydrogens is 172 g/mol. The lowest BCUT2D eigenvalue weighted by Crippen LogP contribution is -2.45. The summed E-state index contributed by atoms with van der Waals surface area (Å²) in [5.74, 6) is 0. The maximum absolute atomic E-state index is 5.98. The summed E-state index contributed by atoms with van der Waals surface area (Å²) in [6, 6.07) is 7.07. The van der Waals surface area contributed by atoms with E-state index in [-0.39, 0.29) is 0 Å². The minimum absolute atomic E-state index is 0.739. The van der Waals surface area contributed by atoms with Crippen LogP contribution in [0.15, 0.2) is 18.2 Å². The summed E-state index contributed by atoms with van der Waals surface area (Å²) in [6.45, 7) is 2.58. The average molecular weight is 188 g/mol. The number of anilines is 1. The van der Waals surface area contributed by atoms with Crippen LogP contribution in [0.3, 0.4) is 0 Å². The first-order valence-corrected chi connectivity index (χ1v) is 5.45. The SMILES string of the molecule is Nc1cccc2c1CC(N1CCC1)C2. The van der Waals surface area contributed by atoms with Gasteiger partial charge in [0.15, 0.2) is 0 Å². The fourth-order valence-electron chi connectivity index (χ4n) is 2.62. The molecule has 0 amide bonds. The van der Waals surface area contributed by atoms with E-state index in [4.69, 9.17) is 5.73 Å². The molecule has 1 aliphatic heterocycles. The highest BCUT2D eigenvalue weighted by atomic mass is 15.2. The zero-order chi connectivity index (χ0) is 9.54. The Morgan fingerprint density at radius 2 is 2.07 bits per heavy atom. The zero-order valence-electron chi connectivity index (χ0n) is 8.37. The van der Waals surface area contributed by atoms with Crippen molar-refractivity contribution in [3.05, 3.63) is 29.3 Å². The molecule has 0 radical (unpaired) electrons. The molecule has 1 aliphatic carbocycles. The third-order valence-electron chi connectivity index (χ3n) is 3.61. The van der Waals surface area contributed by atoms with Gasteiger partial charge in [0, 0.05) is 11.7 Å². The summed E-state index contributed by atoms with van der Waals surface area (Å²) < 4.78 is 0. The minimum atomic E-state index is 0.739. The number of fused-ring (bicyclic) bond motifs is 1. The molecule has 74 valence electrons. The molecule has 1 atom stereocenters. The first-order valence-electron chi connectivity index (χ1n) is 5.45. The molecule has 1 fully saturated rings. The Bertz CT molecular complexity index is 355. The van der Waals surface area contributed by atoms with Gasteiger partial charge in [0.05, 0.1) is 0 Å². The molecule has 0 spiro atoms. The Balaban J connectivity index is 1.86. The van der Waals surface area contributed by atoms with E-state index < -0.39 is 0 Å². The number of hydrogen-bond acceptors (Lipinski definition) is 2. The second-order valence-corrected chi connectivity index (χ2v) is 4.44. The second kappa shape index (κ2) is 2.99. The van der Waals surface area contributed by atoms with Crippen molar-refractivity contribution in [1.29, 1.82) is 0 Å². The van der Waals surface area contributed by atoms with Crippen LogP contribution in [0.4, 0.5) is 5.69 Å². The van der Waals surface area contributed by atoms with Crippen molar-refractivity contribution in [2.45, 2.75) is 25.3 Å². The standard InChI is InChI=1S/C12H16N2/c13-12-4-1-3-9-7-10(8-11(9)12)14-5-2-6-14/h1,3-4,10H,2,5-8,13H2. The fraction of sp³-hybridized carbons (Fsp3) is 0.500. The van der Waals surface area contributed by atoms with Crippen LogP contribution >= 0.6 is 0 Å². The highest BCUT2D eigenvalue weighted by Gasteiger charge is 2.30. The Morgan fingerprint density at radius 3 is 2.71 bits per heavy atom. The summed E-state index contributed by atoms with van der Waals surface area (Å²) >= 11 is 0. The van der Waals surface area contributed by atoms with Crippen molar-refractivity contribution in [3.8, 4) is 0 Å². The molecule has 0 saturated carbocycles. The van der Waals surface area contributed by atoms with Crippen molar-refractivity contribution in [2.75, 3.05) is 18.8 Å². The molecular formula is C12H16N2. The van der Waals surface area contributed by atoms with E-state index >= 15 is 0 Å². The van der Waals surface area contributed by atoms with Crippen LogP contribution in [0, 0.1) is 0 Å². The molecule has 3 rings (SSSR count). The maximum Gasteiger partial charge on any atom is 0.0349 e. The summed E-state index contributed by atoms with van der Waals surface area (Å²) in [6.07, 6.45) is 3.75. The average Bonchev–Trinajstić information content (AvgIpc) is 2.46. The van der Waals surface area contributed by atoms with Crippen LogP contribution in [0.1, 0.15) is 17.5 Å². The van der Waals surface area contributed by atoms with Gasteiger partial charge >= 0.3 is 0 Å². The van der Waals surface area contributed by atoms with E-state index in [1.165, 1.54) is 43.5 Å². The Morgan fingerprint density at radius 1 is 1.21 bits per heavy atom. The quantitative estimate of drug-likeness (QED) is 0.676. The third-order valence-corrected chi connectivity index (χ3v) is 3.61. The number of nitrogen functional groups attached to an aromatic ring is 1. The van der Waals surface area contributed by atoms with E-state index in [0.29, 0.717) is 0 Å². The molecule has 0 aromatic heterocycles. The first kappa shape index (κ1) is 8.30. The van der Waals surface area contributed by atoms with E-state index in [9.17, 15) is 0 Å². The Labute approximate surface area is 84.7 Å². The summed E-state index contributed by atoms with van der Waals surface area (Å²) in [4.78, 5) is 2.58. The van der Waals surface area contributed by atoms with Crippen molar-refractivity contribution in [1.82, 2.24) is 4.90 Å². The lowest BCUT2D eigenvalue weighted by Gasteiger charge is -2.36. The van der Waals surface area contributed by atoms with Gasteiger partial charge in [-0.05, 0) is 49.5 Å². The van der Waals surface area contributed by atoms with Crippen LogP contribution in [-0.2, 0) is 12.8 Å². The molecule has 2 nitrogen and oxygen atoms in total. The van der Waals surface area contributed by atoms with Crippen molar-refractivity contribution in [2.24, 2.45) is 0 Å². The zero-order valence-corrected chi connectivity index (χ0v) is 8.37. The molecule has 2 aliphatic rings. The molecule has 0 bridgehead atoms.